The number of nitrogens with zero attached hydrogens (tertiary/aromatic N) is 3. The minimum Gasteiger partial charge on any atom is -0.448 e. The normalized spacial score (nSPS) is 26.3. The minimum atomic E-state index is -0.165. The summed E-state index contributed by atoms with van der Waals surface area (Å²) in [6.45, 7) is 17.4. The number of likely N-dealkylation sites (tertiary alicyclic amines) is 1. The molecule has 0 aromatic rings. The lowest BCUT2D eigenvalue weighted by molar-refractivity contribution is -0.0308. The molecule has 0 spiro atoms. The lowest BCUT2D eigenvalue weighted by Gasteiger charge is -2.41. The molecule has 2 rings (SSSR count). The predicted octanol–water partition coefficient (Wildman–Crippen LogP) is 2.82. The van der Waals surface area contributed by atoms with Crippen LogP contribution in [0.25, 0.3) is 0 Å². The second kappa shape index (κ2) is 8.44. The molecular weight excluding hydrogens is 330 g/mol. The van der Waals surface area contributed by atoms with Crippen molar-refractivity contribution in [2.75, 3.05) is 46.4 Å². The minimum absolute atomic E-state index is 0.111. The fourth-order valence-electron chi connectivity index (χ4n) is 3.66. The van der Waals surface area contributed by atoms with Crippen LogP contribution in [0.1, 0.15) is 54.4 Å². The molecule has 1 amide bonds. The van der Waals surface area contributed by atoms with Crippen molar-refractivity contribution in [3.05, 3.63) is 0 Å². The predicted molar refractivity (Wildman–Crippen MR) is 105 cm³/mol. The van der Waals surface area contributed by atoms with E-state index in [1.165, 1.54) is 0 Å². The van der Waals surface area contributed by atoms with E-state index in [4.69, 9.17) is 9.47 Å². The first kappa shape index (κ1) is 21.5. The molecule has 2 fully saturated rings. The SMILES string of the molecule is CN1C(COC(=O)N2CCN(C(C)(C)C)CC2)CCC1COC(C)(C)C. The lowest BCUT2D eigenvalue weighted by Crippen LogP contribution is -2.55. The highest BCUT2D eigenvalue weighted by Gasteiger charge is 2.33. The maximum absolute atomic E-state index is 12.4. The van der Waals surface area contributed by atoms with Crippen LogP contribution in [-0.4, -0.2) is 90.5 Å². The Morgan fingerprint density at radius 2 is 1.46 bits per heavy atom. The van der Waals surface area contributed by atoms with Crippen LogP contribution in [-0.2, 0) is 9.47 Å². The van der Waals surface area contributed by atoms with Gasteiger partial charge in [-0.1, -0.05) is 0 Å². The van der Waals surface area contributed by atoms with Crippen LogP contribution in [0.3, 0.4) is 0 Å². The van der Waals surface area contributed by atoms with Crippen LogP contribution >= 0.6 is 0 Å². The van der Waals surface area contributed by atoms with Crippen LogP contribution in [0.5, 0.6) is 0 Å². The number of amides is 1. The van der Waals surface area contributed by atoms with Gasteiger partial charge in [-0.05, 0) is 61.4 Å². The number of hydrogen-bond acceptors (Lipinski definition) is 5. The summed E-state index contributed by atoms with van der Waals surface area (Å²) >= 11 is 0. The number of piperazine rings is 1. The first-order valence-corrected chi connectivity index (χ1v) is 10.00. The Labute approximate surface area is 159 Å². The molecular formula is C20H39N3O3. The zero-order chi connectivity index (χ0) is 19.5. The number of ether oxygens (including phenoxy) is 2. The van der Waals surface area contributed by atoms with E-state index in [1.807, 2.05) is 4.90 Å². The van der Waals surface area contributed by atoms with E-state index < -0.39 is 0 Å². The smallest absolute Gasteiger partial charge is 0.409 e. The highest BCUT2D eigenvalue weighted by Crippen LogP contribution is 2.24. The van der Waals surface area contributed by atoms with Crippen molar-refractivity contribution in [1.29, 1.82) is 0 Å². The zero-order valence-electron chi connectivity index (χ0n) is 17.9. The molecule has 2 aliphatic heterocycles. The van der Waals surface area contributed by atoms with Gasteiger partial charge in [0.1, 0.15) is 6.61 Å². The van der Waals surface area contributed by atoms with Gasteiger partial charge in [-0.3, -0.25) is 9.80 Å². The topological polar surface area (TPSA) is 45.2 Å². The Morgan fingerprint density at radius 3 is 1.96 bits per heavy atom. The van der Waals surface area contributed by atoms with Gasteiger partial charge in [0, 0.05) is 43.8 Å². The van der Waals surface area contributed by atoms with Gasteiger partial charge < -0.3 is 14.4 Å². The van der Waals surface area contributed by atoms with Gasteiger partial charge in [0.15, 0.2) is 0 Å². The van der Waals surface area contributed by atoms with Crippen molar-refractivity contribution in [2.24, 2.45) is 0 Å². The van der Waals surface area contributed by atoms with Crippen LogP contribution < -0.4 is 0 Å². The molecule has 0 aliphatic carbocycles. The summed E-state index contributed by atoms with van der Waals surface area (Å²) in [7, 11) is 2.12. The number of carbonyl (C=O) groups excluding carboxylic acids is 1. The van der Waals surface area contributed by atoms with E-state index in [-0.39, 0.29) is 17.2 Å². The monoisotopic (exact) mass is 369 g/mol. The third kappa shape index (κ3) is 6.10. The van der Waals surface area contributed by atoms with E-state index in [1.54, 1.807) is 0 Å². The zero-order valence-corrected chi connectivity index (χ0v) is 17.9. The molecule has 0 aromatic heterocycles. The maximum atomic E-state index is 12.4. The summed E-state index contributed by atoms with van der Waals surface area (Å²) in [5, 5.41) is 0. The number of carbonyl (C=O) groups is 1. The largest absolute Gasteiger partial charge is 0.448 e. The van der Waals surface area contributed by atoms with Crippen LogP contribution in [0.4, 0.5) is 4.79 Å². The third-order valence-corrected chi connectivity index (χ3v) is 5.58. The molecule has 6 heteroatoms. The van der Waals surface area contributed by atoms with Crippen molar-refractivity contribution >= 4 is 6.09 Å². The Morgan fingerprint density at radius 1 is 0.923 bits per heavy atom. The molecule has 0 bridgehead atoms. The van der Waals surface area contributed by atoms with Crippen LogP contribution in [0.2, 0.25) is 0 Å². The highest BCUT2D eigenvalue weighted by molar-refractivity contribution is 5.67. The van der Waals surface area contributed by atoms with E-state index in [0.717, 1.165) is 45.6 Å². The number of rotatable bonds is 4. The molecule has 26 heavy (non-hydrogen) atoms. The average molecular weight is 370 g/mol. The Bertz CT molecular complexity index is 462. The second-order valence-corrected chi connectivity index (χ2v) is 9.70. The molecule has 6 nitrogen and oxygen atoms in total. The Kier molecular flexibility index (Phi) is 6.97. The molecule has 2 atom stereocenters. The summed E-state index contributed by atoms with van der Waals surface area (Å²) < 4.78 is 11.6. The first-order chi connectivity index (χ1) is 12.0. The lowest BCUT2D eigenvalue weighted by atomic mass is 10.1. The molecule has 0 N–H and O–H groups in total. The fourth-order valence-corrected chi connectivity index (χ4v) is 3.66. The number of likely N-dealkylation sites (N-methyl/N-ethyl adjacent to an activating group) is 1. The second-order valence-electron chi connectivity index (χ2n) is 9.70. The first-order valence-electron chi connectivity index (χ1n) is 10.00. The quantitative estimate of drug-likeness (QED) is 0.762. The summed E-state index contributed by atoms with van der Waals surface area (Å²) in [4.78, 5) is 19.0. The van der Waals surface area contributed by atoms with Crippen molar-refractivity contribution in [2.45, 2.75) is 77.6 Å². The highest BCUT2D eigenvalue weighted by atomic mass is 16.6. The van der Waals surface area contributed by atoms with Gasteiger partial charge in [-0.25, -0.2) is 4.79 Å². The van der Waals surface area contributed by atoms with E-state index in [0.29, 0.717) is 18.7 Å². The molecule has 0 radical (unpaired) electrons. The van der Waals surface area contributed by atoms with Crippen molar-refractivity contribution < 1.29 is 14.3 Å². The summed E-state index contributed by atoms with van der Waals surface area (Å²) in [6.07, 6.45) is 1.99. The summed E-state index contributed by atoms with van der Waals surface area (Å²) in [5.74, 6) is 0. The molecule has 2 aliphatic rings. The third-order valence-electron chi connectivity index (χ3n) is 5.58. The van der Waals surface area contributed by atoms with Crippen molar-refractivity contribution in [3.8, 4) is 0 Å². The van der Waals surface area contributed by atoms with Gasteiger partial charge in [-0.2, -0.15) is 0 Å². The number of hydrogen-bond donors (Lipinski definition) is 0. The van der Waals surface area contributed by atoms with Gasteiger partial charge in [0.25, 0.3) is 0 Å². The Hall–Kier alpha value is -0.850. The van der Waals surface area contributed by atoms with E-state index in [2.05, 4.69) is 58.4 Å². The van der Waals surface area contributed by atoms with Gasteiger partial charge in [-0.15, -0.1) is 0 Å². The average Bonchev–Trinajstić information content (AvgIpc) is 2.89. The standard InChI is InChI=1S/C20H39N3O3/c1-19(2,3)23-12-10-22(11-13-23)18(24)25-14-16-8-9-17(21(16)7)15-26-20(4,5)6/h16-17H,8-15H2,1-7H3. The molecule has 2 heterocycles. The van der Waals surface area contributed by atoms with Crippen LogP contribution in [0, 0.1) is 0 Å². The molecule has 0 saturated carbocycles. The van der Waals surface area contributed by atoms with Gasteiger partial charge in [0.2, 0.25) is 0 Å². The van der Waals surface area contributed by atoms with Crippen molar-refractivity contribution in [1.82, 2.24) is 14.7 Å². The molecule has 152 valence electrons. The van der Waals surface area contributed by atoms with E-state index in [9.17, 15) is 4.79 Å². The molecule has 0 aromatic carbocycles. The van der Waals surface area contributed by atoms with Gasteiger partial charge >= 0.3 is 6.09 Å². The fraction of sp³-hybridized carbons (Fsp3) is 0.950. The summed E-state index contributed by atoms with van der Waals surface area (Å²) in [5.41, 5.74) is 0.0489. The molecule has 2 unspecified atom stereocenters. The molecule has 2 saturated heterocycles. The maximum Gasteiger partial charge on any atom is 0.409 e. The Balaban J connectivity index is 1.71. The summed E-state index contributed by atoms with van der Waals surface area (Å²) in [6, 6.07) is 0.705. The van der Waals surface area contributed by atoms with Gasteiger partial charge in [0.05, 0.1) is 12.2 Å². The van der Waals surface area contributed by atoms with Crippen molar-refractivity contribution in [3.63, 3.8) is 0 Å². The van der Waals surface area contributed by atoms with E-state index >= 15 is 0 Å². The van der Waals surface area contributed by atoms with Crippen LogP contribution in [0.15, 0.2) is 0 Å².